The Balaban J connectivity index is 2.24. The molecule has 4 atom stereocenters. The number of nitrogens with two attached hydrogens (primary N) is 1. The minimum atomic E-state index is -1.06. The Hall–Kier alpha value is -3.39. The van der Waals surface area contributed by atoms with Crippen molar-refractivity contribution in [1.82, 2.24) is 10.6 Å². The summed E-state index contributed by atoms with van der Waals surface area (Å²) in [6.07, 6.45) is -0.965. The molecule has 8 nitrogen and oxygen atoms in total. The lowest BCUT2D eigenvalue weighted by Crippen LogP contribution is -2.49. The standard InChI is InChI=1S/C27H37N3O5/c1-18(24(28)32)29-25(33)21(15-19-11-7-5-8-12-19)17-23(31)22(16-20-13-9-6-10-14-20)30-26(34)35-27(2,3)4/h5-14,18,21-23,31H,15-17H2,1-4H3,(H2,28,32)(H,29,33)(H,30,34)/t18-,21-,22-,23-/m0/s1. The summed E-state index contributed by atoms with van der Waals surface area (Å²) in [5.74, 6) is -1.70. The molecule has 5 N–H and O–H groups in total. The number of aliphatic hydroxyl groups excluding tert-OH is 1. The third-order valence-electron chi connectivity index (χ3n) is 5.47. The minimum absolute atomic E-state index is 0.0551. The molecule has 2 aromatic carbocycles. The van der Waals surface area contributed by atoms with Crippen molar-refractivity contribution in [3.05, 3.63) is 71.8 Å². The first-order valence-corrected chi connectivity index (χ1v) is 11.8. The number of carbonyl (C=O) groups is 3. The molecule has 0 spiro atoms. The van der Waals surface area contributed by atoms with Crippen LogP contribution in [0.25, 0.3) is 0 Å². The molecule has 0 heterocycles. The third kappa shape index (κ3) is 10.2. The Kier molecular flexibility index (Phi) is 10.3. The van der Waals surface area contributed by atoms with E-state index in [1.165, 1.54) is 6.92 Å². The zero-order valence-corrected chi connectivity index (χ0v) is 20.9. The molecule has 0 aliphatic heterocycles. The lowest BCUT2D eigenvalue weighted by atomic mass is 9.88. The van der Waals surface area contributed by atoms with Crippen LogP contribution in [0.5, 0.6) is 0 Å². The molecule has 0 aliphatic rings. The minimum Gasteiger partial charge on any atom is -0.444 e. The molecule has 0 unspecified atom stereocenters. The molecule has 0 saturated heterocycles. The predicted molar refractivity (Wildman–Crippen MR) is 134 cm³/mol. The highest BCUT2D eigenvalue weighted by Gasteiger charge is 2.30. The van der Waals surface area contributed by atoms with Crippen LogP contribution in [-0.4, -0.2) is 46.8 Å². The summed E-state index contributed by atoms with van der Waals surface area (Å²) >= 11 is 0. The number of alkyl carbamates (subject to hydrolysis) is 1. The number of ether oxygens (including phenoxy) is 1. The Morgan fingerprint density at radius 2 is 1.43 bits per heavy atom. The second-order valence-electron chi connectivity index (χ2n) is 9.76. The first-order valence-electron chi connectivity index (χ1n) is 11.8. The summed E-state index contributed by atoms with van der Waals surface area (Å²) in [7, 11) is 0. The Bertz CT molecular complexity index is 960. The molecular formula is C27H37N3O5. The number of aliphatic hydroxyl groups is 1. The molecule has 0 bridgehead atoms. The summed E-state index contributed by atoms with van der Waals surface area (Å²) in [6, 6.07) is 17.3. The van der Waals surface area contributed by atoms with E-state index in [1.54, 1.807) is 20.8 Å². The van der Waals surface area contributed by atoms with E-state index in [-0.39, 0.29) is 6.42 Å². The van der Waals surface area contributed by atoms with Gasteiger partial charge in [0.05, 0.1) is 12.1 Å². The normalized spacial score (nSPS) is 14.8. The van der Waals surface area contributed by atoms with E-state index in [1.807, 2.05) is 60.7 Å². The number of primary amides is 1. The number of carbonyl (C=O) groups excluding carboxylic acids is 3. The van der Waals surface area contributed by atoms with Gasteiger partial charge in [-0.05, 0) is 58.1 Å². The fraction of sp³-hybridized carbons (Fsp3) is 0.444. The van der Waals surface area contributed by atoms with Crippen molar-refractivity contribution in [2.24, 2.45) is 11.7 Å². The van der Waals surface area contributed by atoms with Crippen LogP contribution in [0.1, 0.15) is 45.2 Å². The quantitative estimate of drug-likeness (QED) is 0.390. The van der Waals surface area contributed by atoms with Crippen LogP contribution in [0.2, 0.25) is 0 Å². The van der Waals surface area contributed by atoms with Gasteiger partial charge in [-0.2, -0.15) is 0 Å². The average Bonchev–Trinajstić information content (AvgIpc) is 2.78. The highest BCUT2D eigenvalue weighted by atomic mass is 16.6. The Morgan fingerprint density at radius 3 is 1.91 bits per heavy atom. The first kappa shape index (κ1) is 27.9. The molecule has 0 aliphatic carbocycles. The van der Waals surface area contributed by atoms with Crippen molar-refractivity contribution in [3.8, 4) is 0 Å². The fourth-order valence-electron chi connectivity index (χ4n) is 3.65. The molecule has 0 aromatic heterocycles. The molecule has 8 heteroatoms. The van der Waals surface area contributed by atoms with Crippen molar-refractivity contribution in [2.45, 2.75) is 70.7 Å². The van der Waals surface area contributed by atoms with E-state index in [2.05, 4.69) is 10.6 Å². The number of rotatable bonds is 11. The highest BCUT2D eigenvalue weighted by Crippen LogP contribution is 2.19. The van der Waals surface area contributed by atoms with Gasteiger partial charge < -0.3 is 26.2 Å². The lowest BCUT2D eigenvalue weighted by molar-refractivity contribution is -0.130. The van der Waals surface area contributed by atoms with Crippen molar-refractivity contribution in [2.75, 3.05) is 0 Å². The smallest absolute Gasteiger partial charge is 0.407 e. The number of hydrogen-bond donors (Lipinski definition) is 4. The molecule has 35 heavy (non-hydrogen) atoms. The van der Waals surface area contributed by atoms with E-state index >= 15 is 0 Å². The zero-order chi connectivity index (χ0) is 26.0. The van der Waals surface area contributed by atoms with Crippen LogP contribution in [0.3, 0.4) is 0 Å². The second-order valence-corrected chi connectivity index (χ2v) is 9.76. The summed E-state index contributed by atoms with van der Waals surface area (Å²) in [5, 5.41) is 16.6. The summed E-state index contributed by atoms with van der Waals surface area (Å²) in [4.78, 5) is 37.0. The van der Waals surface area contributed by atoms with Crippen molar-refractivity contribution < 1.29 is 24.2 Å². The van der Waals surface area contributed by atoms with Crippen molar-refractivity contribution in [3.63, 3.8) is 0 Å². The number of benzene rings is 2. The summed E-state index contributed by atoms with van der Waals surface area (Å²) in [5.41, 5.74) is 6.44. The fourth-order valence-corrected chi connectivity index (χ4v) is 3.65. The summed E-state index contributed by atoms with van der Waals surface area (Å²) < 4.78 is 5.39. The van der Waals surface area contributed by atoms with E-state index in [0.717, 1.165) is 11.1 Å². The van der Waals surface area contributed by atoms with Gasteiger partial charge in [0, 0.05) is 5.92 Å². The van der Waals surface area contributed by atoms with Crippen LogP contribution in [-0.2, 0) is 27.2 Å². The van der Waals surface area contributed by atoms with Crippen LogP contribution >= 0.6 is 0 Å². The van der Waals surface area contributed by atoms with Gasteiger partial charge in [-0.15, -0.1) is 0 Å². The van der Waals surface area contributed by atoms with Crippen LogP contribution < -0.4 is 16.4 Å². The van der Waals surface area contributed by atoms with E-state index in [9.17, 15) is 19.5 Å². The maximum atomic E-state index is 13.0. The molecule has 3 amide bonds. The van der Waals surface area contributed by atoms with Gasteiger partial charge in [0.2, 0.25) is 11.8 Å². The Morgan fingerprint density at radius 1 is 0.914 bits per heavy atom. The summed E-state index contributed by atoms with van der Waals surface area (Å²) in [6.45, 7) is 6.79. The molecule has 190 valence electrons. The lowest BCUT2D eigenvalue weighted by Gasteiger charge is -2.29. The van der Waals surface area contributed by atoms with Gasteiger partial charge >= 0.3 is 6.09 Å². The van der Waals surface area contributed by atoms with Crippen LogP contribution in [0.4, 0.5) is 4.79 Å². The largest absolute Gasteiger partial charge is 0.444 e. The SMILES string of the molecule is C[C@H](NC(=O)[C@@H](Cc1ccccc1)C[C@H](O)[C@H](Cc1ccccc1)NC(=O)OC(C)(C)C)C(N)=O. The first-order chi connectivity index (χ1) is 16.4. The van der Waals surface area contributed by atoms with Crippen LogP contribution in [0, 0.1) is 5.92 Å². The highest BCUT2D eigenvalue weighted by molar-refractivity contribution is 5.87. The van der Waals surface area contributed by atoms with E-state index in [0.29, 0.717) is 12.8 Å². The number of amides is 3. The van der Waals surface area contributed by atoms with Crippen molar-refractivity contribution >= 4 is 17.9 Å². The molecule has 2 aromatic rings. The molecule has 0 saturated carbocycles. The third-order valence-corrected chi connectivity index (χ3v) is 5.47. The van der Waals surface area contributed by atoms with Gasteiger partial charge in [-0.1, -0.05) is 60.7 Å². The predicted octanol–water partition coefficient (Wildman–Crippen LogP) is 2.72. The van der Waals surface area contributed by atoms with Gasteiger partial charge in [-0.3, -0.25) is 9.59 Å². The monoisotopic (exact) mass is 483 g/mol. The number of nitrogens with one attached hydrogen (secondary N) is 2. The molecule has 0 fully saturated rings. The maximum absolute atomic E-state index is 13.0. The molecule has 2 rings (SSSR count). The van der Waals surface area contributed by atoms with Gasteiger partial charge in [0.25, 0.3) is 0 Å². The van der Waals surface area contributed by atoms with Crippen molar-refractivity contribution in [1.29, 1.82) is 0 Å². The van der Waals surface area contributed by atoms with Gasteiger partial charge in [-0.25, -0.2) is 4.79 Å². The average molecular weight is 484 g/mol. The second kappa shape index (κ2) is 12.9. The van der Waals surface area contributed by atoms with E-state index < -0.39 is 47.6 Å². The topological polar surface area (TPSA) is 131 Å². The van der Waals surface area contributed by atoms with E-state index in [4.69, 9.17) is 10.5 Å². The molecular weight excluding hydrogens is 446 g/mol. The number of hydrogen-bond acceptors (Lipinski definition) is 5. The zero-order valence-electron chi connectivity index (χ0n) is 20.9. The molecule has 0 radical (unpaired) electrons. The Labute approximate surface area is 207 Å². The van der Waals surface area contributed by atoms with Crippen LogP contribution in [0.15, 0.2) is 60.7 Å². The van der Waals surface area contributed by atoms with Gasteiger partial charge in [0.1, 0.15) is 11.6 Å². The maximum Gasteiger partial charge on any atom is 0.407 e. The van der Waals surface area contributed by atoms with Gasteiger partial charge in [0.15, 0.2) is 0 Å².